The number of rotatable bonds is 5. The number of carbonyl (C=O) groups excluding carboxylic acids is 1. The minimum atomic E-state index is -3.66. The highest BCUT2D eigenvalue weighted by molar-refractivity contribution is 8.03. The number of ether oxygens (including phenoxy) is 2. The summed E-state index contributed by atoms with van der Waals surface area (Å²) >= 11 is 0. The van der Waals surface area contributed by atoms with Crippen molar-refractivity contribution in [2.75, 3.05) is 26.0 Å². The van der Waals surface area contributed by atoms with E-state index in [-0.39, 0.29) is 24.4 Å². The molecule has 2 heterocycles. The van der Waals surface area contributed by atoms with Crippen molar-refractivity contribution in [3.8, 4) is 5.75 Å². The fraction of sp³-hybridized carbons (Fsp3) is 0.524. The predicted molar refractivity (Wildman–Crippen MR) is 119 cm³/mol. The van der Waals surface area contributed by atoms with Gasteiger partial charge in [0, 0.05) is 36.7 Å². The smallest absolute Gasteiger partial charge is 0.410 e. The number of aliphatic imine (C=N–C) groups is 1. The van der Waals surface area contributed by atoms with Crippen molar-refractivity contribution in [3.05, 3.63) is 35.1 Å². The number of hydrogen-bond acceptors (Lipinski definition) is 7. The molecule has 176 valence electrons. The summed E-state index contributed by atoms with van der Waals surface area (Å²) < 4.78 is 60.4. The summed E-state index contributed by atoms with van der Waals surface area (Å²) in [5.74, 6) is -0.763. The van der Waals surface area contributed by atoms with E-state index in [0.717, 1.165) is 18.4 Å². The van der Waals surface area contributed by atoms with Crippen LogP contribution in [0.5, 0.6) is 5.75 Å². The zero-order valence-electron chi connectivity index (χ0n) is 18.5. The van der Waals surface area contributed by atoms with Gasteiger partial charge in [0.2, 0.25) is 0 Å². The van der Waals surface area contributed by atoms with Crippen molar-refractivity contribution in [1.82, 2.24) is 4.90 Å². The van der Waals surface area contributed by atoms with Crippen molar-refractivity contribution < 1.29 is 31.3 Å². The van der Waals surface area contributed by atoms with Crippen LogP contribution in [-0.2, 0) is 25.4 Å². The Bertz CT molecular complexity index is 1080. The maximum Gasteiger partial charge on any atom is 0.410 e. The Morgan fingerprint density at radius 1 is 1.28 bits per heavy atom. The molecule has 1 saturated heterocycles. The Balaban J connectivity index is 1.56. The minimum absolute atomic E-state index is 0.0187. The van der Waals surface area contributed by atoms with Gasteiger partial charge in [0.25, 0.3) is 0 Å². The number of hydrogen-bond donors (Lipinski definition) is 0. The van der Waals surface area contributed by atoms with Gasteiger partial charge in [-0.3, -0.25) is 0 Å². The molecule has 8 nitrogen and oxygen atoms in total. The Kier molecular flexibility index (Phi) is 7.09. The number of carbonyl (C=O) groups is 1. The molecule has 1 atom stereocenters. The van der Waals surface area contributed by atoms with Crippen LogP contribution in [0.4, 0.5) is 9.18 Å². The van der Waals surface area contributed by atoms with E-state index in [4.69, 9.17) is 9.47 Å². The molecule has 32 heavy (non-hydrogen) atoms. The average molecular weight is 487 g/mol. The van der Waals surface area contributed by atoms with Crippen LogP contribution in [0.2, 0.25) is 0 Å². The topological polar surface area (TPSA) is 102 Å². The molecule has 0 N–H and O–H groups in total. The van der Waals surface area contributed by atoms with Crippen molar-refractivity contribution in [2.24, 2.45) is 10.9 Å². The Morgan fingerprint density at radius 3 is 2.50 bits per heavy atom. The van der Waals surface area contributed by atoms with E-state index >= 15 is 0 Å². The van der Waals surface area contributed by atoms with Gasteiger partial charge in [-0.25, -0.2) is 26.8 Å². The number of likely N-dealkylation sites (tertiary alicyclic amines) is 1. The number of halogens is 1. The van der Waals surface area contributed by atoms with E-state index in [9.17, 15) is 21.8 Å². The van der Waals surface area contributed by atoms with Crippen LogP contribution in [-0.4, -0.2) is 60.2 Å². The molecule has 1 unspecified atom stereocenters. The second-order valence-corrected chi connectivity index (χ2v) is 12.0. The van der Waals surface area contributed by atoms with E-state index < -0.39 is 37.0 Å². The lowest BCUT2D eigenvalue weighted by atomic mass is 9.98. The summed E-state index contributed by atoms with van der Waals surface area (Å²) in [6.45, 7) is 6.41. The number of benzene rings is 1. The molecule has 1 amide bonds. The third-order valence-corrected chi connectivity index (χ3v) is 7.34. The summed E-state index contributed by atoms with van der Waals surface area (Å²) in [4.78, 5) is 17.9. The van der Waals surface area contributed by atoms with Gasteiger partial charge in [0.15, 0.2) is 9.84 Å². The first-order valence-corrected chi connectivity index (χ1v) is 13.2. The van der Waals surface area contributed by atoms with Gasteiger partial charge < -0.3 is 14.4 Å². The van der Waals surface area contributed by atoms with Crippen molar-refractivity contribution >= 4 is 31.8 Å². The van der Waals surface area contributed by atoms with Crippen molar-refractivity contribution in [2.45, 2.75) is 44.1 Å². The van der Waals surface area contributed by atoms with Gasteiger partial charge >= 0.3 is 6.09 Å². The first-order chi connectivity index (χ1) is 14.8. The molecule has 11 heteroatoms. The zero-order valence-corrected chi connectivity index (χ0v) is 20.1. The molecule has 2 aliphatic heterocycles. The van der Waals surface area contributed by atoms with E-state index in [1.165, 1.54) is 11.5 Å². The van der Waals surface area contributed by atoms with Crippen LogP contribution in [0.25, 0.3) is 0 Å². The highest BCUT2D eigenvalue weighted by atomic mass is 32.2. The minimum Gasteiger partial charge on any atom is -0.487 e. The van der Waals surface area contributed by atoms with Gasteiger partial charge in [-0.05, 0) is 45.7 Å². The van der Waals surface area contributed by atoms with Gasteiger partial charge in [-0.15, -0.1) is 0 Å². The number of nitrogens with zero attached hydrogens (tertiary/aromatic N) is 2. The number of amides is 1. The average Bonchev–Trinajstić information content (AvgIpc) is 3.05. The van der Waals surface area contributed by atoms with E-state index in [1.54, 1.807) is 4.90 Å². The molecule has 1 fully saturated rings. The standard InChI is InChI=1S/C21H27FN2O6S2/c1-21(2,3)30-20(25)24-9-7-14(8-10-24)19-23-15(13-31(19)26)12-29-16-5-6-18(17(22)11-16)32(4,27)28/h5-6,11,13-14H,7-10,12H2,1-4H3. The van der Waals surface area contributed by atoms with Crippen molar-refractivity contribution in [1.29, 1.82) is 0 Å². The molecule has 2 aliphatic rings. The monoisotopic (exact) mass is 486 g/mol. The Hall–Kier alpha value is -2.27. The van der Waals surface area contributed by atoms with E-state index in [2.05, 4.69) is 4.99 Å². The Labute approximate surface area is 189 Å². The van der Waals surface area contributed by atoms with Crippen LogP contribution in [0, 0.1) is 11.7 Å². The van der Waals surface area contributed by atoms with Gasteiger partial charge in [0.1, 0.15) is 33.7 Å². The first kappa shape index (κ1) is 24.4. The number of piperidine rings is 1. The lowest BCUT2D eigenvalue weighted by Gasteiger charge is -2.33. The molecule has 0 spiro atoms. The third-order valence-electron chi connectivity index (χ3n) is 4.89. The number of sulfone groups is 1. The van der Waals surface area contributed by atoms with Crippen molar-refractivity contribution in [3.63, 3.8) is 0 Å². The molecular formula is C21H27FN2O6S2. The summed E-state index contributed by atoms with van der Waals surface area (Å²) in [5.41, 5.74) is -0.0989. The van der Waals surface area contributed by atoms with Crippen LogP contribution >= 0.6 is 0 Å². The third kappa shape index (κ3) is 6.16. The molecular weight excluding hydrogens is 459 g/mol. The first-order valence-electron chi connectivity index (χ1n) is 10.1. The summed E-state index contributed by atoms with van der Waals surface area (Å²) in [5, 5.41) is 2.04. The molecule has 0 saturated carbocycles. The van der Waals surface area contributed by atoms with E-state index in [0.29, 0.717) is 36.7 Å². The SMILES string of the molecule is CC(C)(C)OC(=O)N1CCC(C2=NC(COc3ccc(S(C)(=O)=O)c(F)c3)=CS2=O)CC1. The molecule has 0 aromatic heterocycles. The zero-order chi connectivity index (χ0) is 23.7. The predicted octanol–water partition coefficient (Wildman–Crippen LogP) is 3.26. The lowest BCUT2D eigenvalue weighted by molar-refractivity contribution is 0.0202. The second kappa shape index (κ2) is 9.30. The Morgan fingerprint density at radius 2 is 1.94 bits per heavy atom. The molecule has 1 aromatic carbocycles. The van der Waals surface area contributed by atoms with Crippen LogP contribution in [0.15, 0.2) is 39.2 Å². The fourth-order valence-electron chi connectivity index (χ4n) is 3.38. The maximum absolute atomic E-state index is 14.0. The summed E-state index contributed by atoms with van der Waals surface area (Å²) in [6, 6.07) is 3.51. The quantitative estimate of drug-likeness (QED) is 0.633. The highest BCUT2D eigenvalue weighted by Gasteiger charge is 2.32. The van der Waals surface area contributed by atoms with Gasteiger partial charge in [-0.2, -0.15) is 0 Å². The van der Waals surface area contributed by atoms with Gasteiger partial charge in [0.05, 0.1) is 16.5 Å². The van der Waals surface area contributed by atoms with Crippen LogP contribution in [0.3, 0.4) is 0 Å². The molecule has 0 radical (unpaired) electrons. The second-order valence-electron chi connectivity index (χ2n) is 8.75. The summed E-state index contributed by atoms with van der Waals surface area (Å²) in [6.07, 6.45) is 1.83. The molecule has 3 rings (SSSR count). The van der Waals surface area contributed by atoms with Gasteiger partial charge in [-0.1, -0.05) is 0 Å². The van der Waals surface area contributed by atoms with Crippen LogP contribution in [0.1, 0.15) is 33.6 Å². The fourth-order valence-corrected chi connectivity index (χ4v) is 5.37. The molecule has 1 aromatic rings. The van der Waals surface area contributed by atoms with E-state index in [1.807, 2.05) is 20.8 Å². The highest BCUT2D eigenvalue weighted by Crippen LogP contribution is 2.27. The molecule has 0 bridgehead atoms. The lowest BCUT2D eigenvalue weighted by Crippen LogP contribution is -2.43. The van der Waals surface area contributed by atoms with Crippen LogP contribution < -0.4 is 4.74 Å². The normalized spacial score (nSPS) is 20.0. The largest absolute Gasteiger partial charge is 0.487 e. The summed E-state index contributed by atoms with van der Waals surface area (Å²) in [7, 11) is -5.05. The molecule has 0 aliphatic carbocycles. The maximum atomic E-state index is 14.0.